The molecule has 8 nitrogen and oxygen atoms in total. The Morgan fingerprint density at radius 3 is 2.24 bits per heavy atom. The summed E-state index contributed by atoms with van der Waals surface area (Å²) in [6.45, 7) is 5.21. The average Bonchev–Trinajstić information content (AvgIpc) is 2.87. The summed E-state index contributed by atoms with van der Waals surface area (Å²) >= 11 is 0. The summed E-state index contributed by atoms with van der Waals surface area (Å²) < 4.78 is 11.6. The smallest absolute Gasteiger partial charge is 0.254 e. The lowest BCUT2D eigenvalue weighted by atomic mass is 10.0. The van der Waals surface area contributed by atoms with Crippen LogP contribution in [-0.4, -0.2) is 35.9 Å². The molecule has 1 aliphatic rings. The first-order valence-electron chi connectivity index (χ1n) is 11.0. The highest BCUT2D eigenvalue weighted by molar-refractivity contribution is 6.03. The number of nitrogens with zero attached hydrogens (tertiary/aromatic N) is 2. The van der Waals surface area contributed by atoms with Crippen LogP contribution in [0.2, 0.25) is 0 Å². The van der Waals surface area contributed by atoms with Gasteiger partial charge >= 0.3 is 0 Å². The standard InChI is InChI=1S/C26H26N4O4/c1-2-24(31)30(18-12-14-28-15-13-18)19-16-23(25(27)32)26(29-17-19)34-22-10-8-21(9-11-22)33-20-6-4-3-5-7-20/h2-11,16-18,28H,1,12-15H2,(H2,27,32). The summed E-state index contributed by atoms with van der Waals surface area (Å²) in [5.74, 6) is 0.913. The van der Waals surface area contributed by atoms with Gasteiger partial charge in [-0.1, -0.05) is 24.8 Å². The van der Waals surface area contributed by atoms with E-state index in [9.17, 15) is 9.59 Å². The van der Waals surface area contributed by atoms with Crippen molar-refractivity contribution >= 4 is 17.5 Å². The van der Waals surface area contributed by atoms with Gasteiger partial charge < -0.3 is 25.4 Å². The Morgan fingerprint density at radius 2 is 1.62 bits per heavy atom. The van der Waals surface area contributed by atoms with Crippen LogP contribution in [0.3, 0.4) is 0 Å². The van der Waals surface area contributed by atoms with Crippen molar-refractivity contribution in [2.75, 3.05) is 18.0 Å². The monoisotopic (exact) mass is 458 g/mol. The second-order valence-corrected chi connectivity index (χ2v) is 7.79. The summed E-state index contributed by atoms with van der Waals surface area (Å²) in [5, 5.41) is 3.28. The van der Waals surface area contributed by atoms with E-state index in [1.807, 2.05) is 30.3 Å². The molecule has 3 N–H and O–H groups in total. The maximum atomic E-state index is 12.6. The molecule has 1 fully saturated rings. The van der Waals surface area contributed by atoms with Crippen molar-refractivity contribution in [3.05, 3.63) is 85.1 Å². The SMILES string of the molecule is C=CC(=O)N(c1cnc(Oc2ccc(Oc3ccccc3)cc2)c(C(N)=O)c1)C1CCNCC1. The number of piperidine rings is 1. The van der Waals surface area contributed by atoms with E-state index in [4.69, 9.17) is 15.2 Å². The van der Waals surface area contributed by atoms with Gasteiger partial charge in [-0.25, -0.2) is 4.98 Å². The molecule has 1 saturated heterocycles. The Balaban J connectivity index is 1.56. The highest BCUT2D eigenvalue weighted by Gasteiger charge is 2.27. The largest absolute Gasteiger partial charge is 0.457 e. The predicted octanol–water partition coefficient (Wildman–Crippen LogP) is 4.04. The molecule has 174 valence electrons. The number of carbonyl (C=O) groups excluding carboxylic acids is 2. The van der Waals surface area contributed by atoms with E-state index in [2.05, 4.69) is 16.9 Å². The number of aromatic nitrogens is 1. The van der Waals surface area contributed by atoms with Crippen LogP contribution < -0.4 is 25.4 Å². The number of hydrogen-bond donors (Lipinski definition) is 2. The summed E-state index contributed by atoms with van der Waals surface area (Å²) in [5.41, 5.74) is 6.18. The molecule has 2 amide bonds. The van der Waals surface area contributed by atoms with Gasteiger partial charge in [0.2, 0.25) is 5.88 Å². The third-order valence-corrected chi connectivity index (χ3v) is 5.48. The van der Waals surface area contributed by atoms with Gasteiger partial charge in [0.1, 0.15) is 22.8 Å². The van der Waals surface area contributed by atoms with Crippen LogP contribution in [0.25, 0.3) is 0 Å². The first-order valence-corrected chi connectivity index (χ1v) is 11.0. The number of nitrogens with two attached hydrogens (primary N) is 1. The first kappa shape index (κ1) is 23.0. The molecule has 8 heteroatoms. The normalized spacial score (nSPS) is 13.6. The fraction of sp³-hybridized carbons (Fsp3) is 0.192. The number of para-hydroxylation sites is 1. The van der Waals surface area contributed by atoms with E-state index in [1.165, 1.54) is 12.3 Å². The zero-order chi connectivity index (χ0) is 23.9. The van der Waals surface area contributed by atoms with Gasteiger partial charge in [0.05, 0.1) is 11.9 Å². The quantitative estimate of drug-likeness (QED) is 0.494. The minimum Gasteiger partial charge on any atom is -0.457 e. The maximum Gasteiger partial charge on any atom is 0.254 e. The third kappa shape index (κ3) is 5.41. The molecule has 3 aromatic rings. The molecule has 0 unspecified atom stereocenters. The molecule has 4 rings (SSSR count). The highest BCUT2D eigenvalue weighted by atomic mass is 16.5. The van der Waals surface area contributed by atoms with Gasteiger partial charge in [-0.15, -0.1) is 0 Å². The van der Waals surface area contributed by atoms with E-state index in [-0.39, 0.29) is 23.4 Å². The Hall–Kier alpha value is -4.17. The lowest BCUT2D eigenvalue weighted by Gasteiger charge is -2.34. The topological polar surface area (TPSA) is 107 Å². The second-order valence-electron chi connectivity index (χ2n) is 7.79. The van der Waals surface area contributed by atoms with Crippen molar-refractivity contribution < 1.29 is 19.1 Å². The van der Waals surface area contributed by atoms with Gasteiger partial charge in [0.25, 0.3) is 11.8 Å². The molecule has 1 aromatic heterocycles. The number of hydrogen-bond acceptors (Lipinski definition) is 6. The van der Waals surface area contributed by atoms with Gasteiger partial charge in [-0.2, -0.15) is 0 Å². The summed E-state index contributed by atoms with van der Waals surface area (Å²) in [6.07, 6.45) is 4.33. The van der Waals surface area contributed by atoms with Crippen LogP contribution in [0.5, 0.6) is 23.1 Å². The Labute approximate surface area is 198 Å². The molecule has 0 spiro atoms. The van der Waals surface area contributed by atoms with Gasteiger partial charge in [-0.3, -0.25) is 9.59 Å². The minimum absolute atomic E-state index is 0.0294. The third-order valence-electron chi connectivity index (χ3n) is 5.48. The Bertz CT molecular complexity index is 1160. The molecule has 34 heavy (non-hydrogen) atoms. The number of rotatable bonds is 8. The number of nitrogens with one attached hydrogen (secondary N) is 1. The predicted molar refractivity (Wildman–Crippen MR) is 129 cm³/mol. The number of amides is 2. The fourth-order valence-electron chi connectivity index (χ4n) is 3.82. The van der Waals surface area contributed by atoms with Crippen molar-refractivity contribution in [2.45, 2.75) is 18.9 Å². The number of pyridine rings is 1. The van der Waals surface area contributed by atoms with E-state index < -0.39 is 5.91 Å². The zero-order valence-corrected chi connectivity index (χ0v) is 18.6. The molecule has 0 saturated carbocycles. The lowest BCUT2D eigenvalue weighted by molar-refractivity contribution is -0.114. The van der Waals surface area contributed by atoms with Crippen molar-refractivity contribution in [3.8, 4) is 23.1 Å². The van der Waals surface area contributed by atoms with Crippen molar-refractivity contribution in [1.29, 1.82) is 0 Å². The zero-order valence-electron chi connectivity index (χ0n) is 18.6. The highest BCUT2D eigenvalue weighted by Crippen LogP contribution is 2.30. The van der Waals surface area contributed by atoms with E-state index in [0.29, 0.717) is 17.2 Å². The maximum absolute atomic E-state index is 12.6. The Morgan fingerprint density at radius 1 is 1.00 bits per heavy atom. The number of carbonyl (C=O) groups is 2. The van der Waals surface area contributed by atoms with Crippen molar-refractivity contribution in [3.63, 3.8) is 0 Å². The molecule has 0 atom stereocenters. The number of anilines is 1. The second kappa shape index (κ2) is 10.6. The summed E-state index contributed by atoms with van der Waals surface area (Å²) in [7, 11) is 0. The average molecular weight is 459 g/mol. The fourth-order valence-corrected chi connectivity index (χ4v) is 3.82. The first-order chi connectivity index (χ1) is 16.5. The van der Waals surface area contributed by atoms with Crippen molar-refractivity contribution in [2.24, 2.45) is 5.73 Å². The van der Waals surface area contributed by atoms with E-state index in [1.54, 1.807) is 35.2 Å². The van der Waals surface area contributed by atoms with Gasteiger partial charge in [0, 0.05) is 6.04 Å². The Kier molecular flexibility index (Phi) is 7.19. The van der Waals surface area contributed by atoms with Crippen LogP contribution in [0.1, 0.15) is 23.2 Å². The van der Waals surface area contributed by atoms with Crippen LogP contribution in [0.4, 0.5) is 5.69 Å². The molecular weight excluding hydrogens is 432 g/mol. The van der Waals surface area contributed by atoms with Crippen LogP contribution in [0, 0.1) is 0 Å². The van der Waals surface area contributed by atoms with Crippen molar-refractivity contribution in [1.82, 2.24) is 10.3 Å². The number of ether oxygens (including phenoxy) is 2. The minimum atomic E-state index is -0.704. The summed E-state index contributed by atoms with van der Waals surface area (Å²) in [6, 6.07) is 17.9. The van der Waals surface area contributed by atoms with Gasteiger partial charge in [-0.05, 0) is 74.5 Å². The van der Waals surface area contributed by atoms with Crippen LogP contribution >= 0.6 is 0 Å². The number of benzene rings is 2. The molecule has 0 radical (unpaired) electrons. The number of primary amides is 1. The molecule has 0 bridgehead atoms. The van der Waals surface area contributed by atoms with Gasteiger partial charge in [0.15, 0.2) is 0 Å². The van der Waals surface area contributed by atoms with Crippen LogP contribution in [0.15, 0.2) is 79.5 Å². The van der Waals surface area contributed by atoms with Crippen LogP contribution in [-0.2, 0) is 4.79 Å². The summed E-state index contributed by atoms with van der Waals surface area (Å²) in [4.78, 5) is 30.8. The molecular formula is C26H26N4O4. The molecule has 0 aliphatic carbocycles. The lowest BCUT2D eigenvalue weighted by Crippen LogP contribution is -2.46. The molecule has 2 heterocycles. The molecule has 1 aliphatic heterocycles. The molecule has 2 aromatic carbocycles. The van der Waals surface area contributed by atoms with E-state index in [0.717, 1.165) is 31.7 Å². The van der Waals surface area contributed by atoms with E-state index >= 15 is 0 Å².